The summed E-state index contributed by atoms with van der Waals surface area (Å²) in [6.07, 6.45) is 4.65. The molecule has 0 saturated carbocycles. The van der Waals surface area contributed by atoms with E-state index in [0.29, 0.717) is 24.5 Å². The molecule has 0 bridgehead atoms. The molecule has 1 N–H and O–H groups in total. The SMILES string of the molecule is CCc1ccc2[nH]c(=O)c([C@@H](c3nnnn3C(C)(C)C)N(Cc3ccco3)C[C@H]3CCCO3)cc2c1. The molecule has 190 valence electrons. The summed E-state index contributed by atoms with van der Waals surface area (Å²) < 4.78 is 13.6. The van der Waals surface area contributed by atoms with Gasteiger partial charge in [-0.2, -0.15) is 0 Å². The molecule has 9 heteroatoms. The Morgan fingerprint density at radius 1 is 1.25 bits per heavy atom. The van der Waals surface area contributed by atoms with E-state index < -0.39 is 6.04 Å². The van der Waals surface area contributed by atoms with Crippen LogP contribution in [-0.2, 0) is 23.2 Å². The Labute approximate surface area is 210 Å². The lowest BCUT2D eigenvalue weighted by Gasteiger charge is -2.33. The minimum absolute atomic E-state index is 0.0626. The van der Waals surface area contributed by atoms with Gasteiger partial charge in [0.15, 0.2) is 5.82 Å². The Morgan fingerprint density at radius 2 is 2.11 bits per heavy atom. The fraction of sp³-hybridized carbons (Fsp3) is 0.481. The maximum absolute atomic E-state index is 13.6. The van der Waals surface area contributed by atoms with Crippen LogP contribution in [-0.4, -0.2) is 49.3 Å². The van der Waals surface area contributed by atoms with Crippen LogP contribution in [0.4, 0.5) is 0 Å². The average Bonchev–Trinajstić information content (AvgIpc) is 3.62. The van der Waals surface area contributed by atoms with Crippen LogP contribution in [0.5, 0.6) is 0 Å². The summed E-state index contributed by atoms with van der Waals surface area (Å²) in [5.41, 5.74) is 2.09. The number of furan rings is 1. The first-order chi connectivity index (χ1) is 17.3. The average molecular weight is 491 g/mol. The van der Waals surface area contributed by atoms with E-state index in [1.165, 1.54) is 5.56 Å². The lowest BCUT2D eigenvalue weighted by atomic mass is 10.00. The highest BCUT2D eigenvalue weighted by atomic mass is 16.5. The van der Waals surface area contributed by atoms with Crippen molar-refractivity contribution in [2.75, 3.05) is 13.2 Å². The molecular weight excluding hydrogens is 456 g/mol. The Bertz CT molecular complexity index is 1360. The molecule has 0 amide bonds. The number of aryl methyl sites for hydroxylation is 1. The van der Waals surface area contributed by atoms with Crippen molar-refractivity contribution in [3.05, 3.63) is 75.7 Å². The van der Waals surface area contributed by atoms with Gasteiger partial charge < -0.3 is 14.1 Å². The van der Waals surface area contributed by atoms with E-state index in [4.69, 9.17) is 9.15 Å². The van der Waals surface area contributed by atoms with Gasteiger partial charge in [-0.05, 0) is 91.7 Å². The van der Waals surface area contributed by atoms with Crippen molar-refractivity contribution in [1.82, 2.24) is 30.1 Å². The molecule has 5 rings (SSSR count). The van der Waals surface area contributed by atoms with E-state index in [1.54, 1.807) is 6.26 Å². The summed E-state index contributed by atoms with van der Waals surface area (Å²) in [7, 11) is 0. The summed E-state index contributed by atoms with van der Waals surface area (Å²) in [5, 5.41) is 13.8. The number of H-pyrrole nitrogens is 1. The molecule has 1 fully saturated rings. The molecular formula is C27H34N6O3. The van der Waals surface area contributed by atoms with Crippen molar-refractivity contribution in [3.8, 4) is 0 Å². The van der Waals surface area contributed by atoms with Crippen LogP contribution >= 0.6 is 0 Å². The zero-order valence-electron chi connectivity index (χ0n) is 21.4. The zero-order chi connectivity index (χ0) is 25.3. The van der Waals surface area contributed by atoms with Gasteiger partial charge in [-0.1, -0.05) is 13.0 Å². The number of hydrogen-bond donors (Lipinski definition) is 1. The highest BCUT2D eigenvalue weighted by Gasteiger charge is 2.35. The van der Waals surface area contributed by atoms with Crippen LogP contribution in [0.2, 0.25) is 0 Å². The number of nitrogens with zero attached hydrogens (tertiary/aromatic N) is 5. The molecule has 4 aromatic rings. The minimum atomic E-state index is -0.507. The first-order valence-electron chi connectivity index (χ1n) is 12.7. The molecule has 36 heavy (non-hydrogen) atoms. The van der Waals surface area contributed by atoms with Gasteiger partial charge in [-0.25, -0.2) is 4.68 Å². The second kappa shape index (κ2) is 9.99. The summed E-state index contributed by atoms with van der Waals surface area (Å²) in [4.78, 5) is 18.9. The third kappa shape index (κ3) is 4.99. The summed E-state index contributed by atoms with van der Waals surface area (Å²) in [6, 6.07) is 11.5. The normalized spacial score (nSPS) is 17.3. The summed E-state index contributed by atoms with van der Waals surface area (Å²) >= 11 is 0. The number of tetrazole rings is 1. The predicted molar refractivity (Wildman–Crippen MR) is 137 cm³/mol. The van der Waals surface area contributed by atoms with Crippen LogP contribution in [0.3, 0.4) is 0 Å². The fourth-order valence-corrected chi connectivity index (χ4v) is 4.95. The molecule has 2 atom stereocenters. The molecule has 0 spiro atoms. The number of benzene rings is 1. The van der Waals surface area contributed by atoms with Crippen molar-refractivity contribution < 1.29 is 9.15 Å². The van der Waals surface area contributed by atoms with E-state index in [1.807, 2.05) is 28.9 Å². The maximum atomic E-state index is 13.6. The number of aromatic amines is 1. The Hall–Kier alpha value is -3.30. The van der Waals surface area contributed by atoms with Crippen molar-refractivity contribution in [3.63, 3.8) is 0 Å². The molecule has 4 heterocycles. The number of pyridine rings is 1. The van der Waals surface area contributed by atoms with Crippen molar-refractivity contribution in [1.29, 1.82) is 0 Å². The molecule has 1 aliphatic rings. The Balaban J connectivity index is 1.69. The largest absolute Gasteiger partial charge is 0.468 e. The van der Waals surface area contributed by atoms with Crippen LogP contribution < -0.4 is 5.56 Å². The lowest BCUT2D eigenvalue weighted by Crippen LogP contribution is -2.40. The third-order valence-electron chi connectivity index (χ3n) is 6.78. The van der Waals surface area contributed by atoms with E-state index in [-0.39, 0.29) is 17.2 Å². The fourth-order valence-electron chi connectivity index (χ4n) is 4.95. The summed E-state index contributed by atoms with van der Waals surface area (Å²) in [5.74, 6) is 1.42. The van der Waals surface area contributed by atoms with E-state index in [9.17, 15) is 4.79 Å². The summed E-state index contributed by atoms with van der Waals surface area (Å²) in [6.45, 7) is 10.1. The predicted octanol–water partition coefficient (Wildman–Crippen LogP) is 4.20. The van der Waals surface area contributed by atoms with Crippen LogP contribution in [0.25, 0.3) is 10.9 Å². The van der Waals surface area contributed by atoms with Gasteiger partial charge in [0.1, 0.15) is 11.8 Å². The van der Waals surface area contributed by atoms with E-state index in [0.717, 1.165) is 42.5 Å². The van der Waals surface area contributed by atoms with Crippen LogP contribution in [0.1, 0.15) is 69.3 Å². The molecule has 1 aliphatic heterocycles. The Kier molecular flexibility index (Phi) is 6.77. The number of ether oxygens (including phenoxy) is 1. The first kappa shape index (κ1) is 24.4. The molecule has 9 nitrogen and oxygen atoms in total. The number of hydrogen-bond acceptors (Lipinski definition) is 7. The standard InChI is InChI=1S/C27H34N6O3/c1-5-18-10-11-23-19(14-18)15-22(26(34)28-23)24(25-29-30-31-33(25)27(2,3)4)32(16-20-8-6-12-35-20)17-21-9-7-13-36-21/h6,8,10-12,14-15,21,24H,5,7,9,13,16-17H2,1-4H3,(H,28,34)/t21-,24+/m1/s1. The highest BCUT2D eigenvalue weighted by molar-refractivity contribution is 5.80. The smallest absolute Gasteiger partial charge is 0.253 e. The first-order valence-corrected chi connectivity index (χ1v) is 12.7. The number of nitrogens with one attached hydrogen (secondary N) is 1. The molecule has 1 saturated heterocycles. The minimum Gasteiger partial charge on any atom is -0.468 e. The van der Waals surface area contributed by atoms with Crippen LogP contribution in [0.15, 0.2) is 51.9 Å². The number of fused-ring (bicyclic) bond motifs is 1. The van der Waals surface area contributed by atoms with Crippen molar-refractivity contribution in [2.45, 2.75) is 71.2 Å². The van der Waals surface area contributed by atoms with Gasteiger partial charge >= 0.3 is 0 Å². The van der Waals surface area contributed by atoms with Crippen molar-refractivity contribution >= 4 is 10.9 Å². The second-order valence-electron chi connectivity index (χ2n) is 10.5. The van der Waals surface area contributed by atoms with Gasteiger partial charge in [0.05, 0.1) is 24.5 Å². The topological polar surface area (TPSA) is 102 Å². The molecule has 1 aromatic carbocycles. The third-order valence-corrected chi connectivity index (χ3v) is 6.78. The number of rotatable bonds is 8. The van der Waals surface area contributed by atoms with Gasteiger partial charge in [-0.15, -0.1) is 5.10 Å². The lowest BCUT2D eigenvalue weighted by molar-refractivity contribution is 0.0536. The monoisotopic (exact) mass is 490 g/mol. The second-order valence-corrected chi connectivity index (χ2v) is 10.5. The van der Waals surface area contributed by atoms with E-state index in [2.05, 4.69) is 65.2 Å². The van der Waals surface area contributed by atoms with E-state index >= 15 is 0 Å². The molecule has 0 aliphatic carbocycles. The van der Waals surface area contributed by atoms with Gasteiger partial charge in [0.25, 0.3) is 5.56 Å². The highest BCUT2D eigenvalue weighted by Crippen LogP contribution is 2.32. The number of aromatic nitrogens is 5. The van der Waals surface area contributed by atoms with Gasteiger partial charge in [-0.3, -0.25) is 9.69 Å². The zero-order valence-corrected chi connectivity index (χ0v) is 21.4. The molecule has 0 radical (unpaired) electrons. The molecule has 3 aromatic heterocycles. The quantitative estimate of drug-likeness (QED) is 0.395. The maximum Gasteiger partial charge on any atom is 0.253 e. The van der Waals surface area contributed by atoms with Crippen LogP contribution in [0, 0.1) is 0 Å². The molecule has 0 unspecified atom stereocenters. The Morgan fingerprint density at radius 3 is 2.81 bits per heavy atom. The van der Waals surface area contributed by atoms with Gasteiger partial charge in [0.2, 0.25) is 0 Å². The van der Waals surface area contributed by atoms with Crippen molar-refractivity contribution in [2.24, 2.45) is 0 Å². The van der Waals surface area contributed by atoms with Gasteiger partial charge in [0, 0.05) is 24.2 Å².